The van der Waals surface area contributed by atoms with Crippen LogP contribution in [0.4, 0.5) is 5.13 Å². The Balaban J connectivity index is 1.56. The zero-order valence-electron chi connectivity index (χ0n) is 19.9. The lowest BCUT2D eigenvalue weighted by Gasteiger charge is -2.33. The number of amides is 1. The van der Waals surface area contributed by atoms with E-state index in [-0.39, 0.29) is 11.8 Å². The summed E-state index contributed by atoms with van der Waals surface area (Å²) in [6.45, 7) is 3.92. The predicted octanol–water partition coefficient (Wildman–Crippen LogP) is 3.67. The molecular formula is C23H30N4O4S3. The van der Waals surface area contributed by atoms with Gasteiger partial charge in [-0.15, -0.1) is 11.3 Å². The number of aryl methyl sites for hydroxylation is 1. The molecule has 1 aromatic carbocycles. The number of methoxy groups -OCH3 is 1. The minimum absolute atomic E-state index is 0.00528. The number of sulfonamides is 1. The van der Waals surface area contributed by atoms with Gasteiger partial charge in [-0.2, -0.15) is 4.31 Å². The molecule has 4 rings (SSSR count). The fourth-order valence-corrected chi connectivity index (χ4v) is 7.78. The van der Waals surface area contributed by atoms with Crippen LogP contribution in [0.5, 0.6) is 5.75 Å². The van der Waals surface area contributed by atoms with Crippen LogP contribution < -0.4 is 9.64 Å². The van der Waals surface area contributed by atoms with E-state index in [2.05, 4.69) is 0 Å². The monoisotopic (exact) mass is 522 g/mol. The Morgan fingerprint density at radius 1 is 1.21 bits per heavy atom. The van der Waals surface area contributed by atoms with Crippen molar-refractivity contribution in [1.29, 1.82) is 0 Å². The van der Waals surface area contributed by atoms with Crippen molar-refractivity contribution in [2.24, 2.45) is 5.92 Å². The number of fused-ring (bicyclic) bond motifs is 1. The summed E-state index contributed by atoms with van der Waals surface area (Å²) in [6.07, 6.45) is 0.990. The Hall–Kier alpha value is -2.05. The molecule has 1 aliphatic rings. The van der Waals surface area contributed by atoms with Crippen LogP contribution in [0, 0.1) is 12.8 Å². The second-order valence-corrected chi connectivity index (χ2v) is 12.8. The summed E-state index contributed by atoms with van der Waals surface area (Å²) in [7, 11) is 2.07. The molecule has 2 aromatic heterocycles. The number of rotatable bonds is 8. The maximum atomic E-state index is 13.7. The van der Waals surface area contributed by atoms with Crippen LogP contribution in [0.25, 0.3) is 10.2 Å². The second kappa shape index (κ2) is 10.3. The minimum Gasteiger partial charge on any atom is -0.494 e. The Kier molecular flexibility index (Phi) is 7.58. The summed E-state index contributed by atoms with van der Waals surface area (Å²) < 4.78 is 34.1. The number of likely N-dealkylation sites (N-methyl/N-ethyl adjacent to an activating group) is 1. The molecule has 0 spiro atoms. The molecule has 0 bridgehead atoms. The maximum Gasteiger partial charge on any atom is 0.252 e. The van der Waals surface area contributed by atoms with Crippen LogP contribution in [-0.2, 0) is 14.8 Å². The summed E-state index contributed by atoms with van der Waals surface area (Å²) in [5, 5.41) is 2.42. The van der Waals surface area contributed by atoms with Gasteiger partial charge in [-0.1, -0.05) is 23.5 Å². The molecule has 1 amide bonds. The second-order valence-electron chi connectivity index (χ2n) is 8.66. The average molecular weight is 523 g/mol. The highest BCUT2D eigenvalue weighted by Crippen LogP contribution is 2.37. The number of anilines is 1. The Morgan fingerprint density at radius 3 is 2.56 bits per heavy atom. The number of hydrogen-bond donors (Lipinski definition) is 0. The van der Waals surface area contributed by atoms with Crippen LogP contribution in [0.2, 0.25) is 0 Å². The van der Waals surface area contributed by atoms with Crippen molar-refractivity contribution in [3.63, 3.8) is 0 Å². The van der Waals surface area contributed by atoms with Gasteiger partial charge in [-0.3, -0.25) is 9.69 Å². The molecule has 1 saturated heterocycles. The van der Waals surface area contributed by atoms with E-state index in [4.69, 9.17) is 9.72 Å². The number of ether oxygens (including phenoxy) is 1. The van der Waals surface area contributed by atoms with Crippen molar-refractivity contribution in [2.75, 3.05) is 52.3 Å². The molecule has 11 heteroatoms. The Labute approximate surface area is 208 Å². The first-order valence-corrected chi connectivity index (χ1v) is 14.3. The first-order chi connectivity index (χ1) is 16.2. The van der Waals surface area contributed by atoms with Crippen molar-refractivity contribution in [3.05, 3.63) is 35.2 Å². The molecule has 8 nitrogen and oxygen atoms in total. The average Bonchev–Trinajstić information content (AvgIpc) is 3.51. The first kappa shape index (κ1) is 25.1. The molecule has 1 aliphatic heterocycles. The number of carbonyl (C=O) groups excluding carboxylic acids is 1. The van der Waals surface area contributed by atoms with Gasteiger partial charge in [0.15, 0.2) is 5.13 Å². The molecule has 3 heterocycles. The Morgan fingerprint density at radius 2 is 1.94 bits per heavy atom. The number of benzene rings is 1. The molecule has 0 unspecified atom stereocenters. The summed E-state index contributed by atoms with van der Waals surface area (Å²) in [6, 6.07) is 7.27. The van der Waals surface area contributed by atoms with Crippen LogP contribution >= 0.6 is 22.7 Å². The first-order valence-electron chi connectivity index (χ1n) is 11.2. The van der Waals surface area contributed by atoms with Gasteiger partial charge in [0.25, 0.3) is 10.0 Å². The van der Waals surface area contributed by atoms with E-state index >= 15 is 0 Å². The van der Waals surface area contributed by atoms with Crippen molar-refractivity contribution in [1.82, 2.24) is 14.2 Å². The molecule has 0 saturated carbocycles. The third-order valence-electron chi connectivity index (χ3n) is 6.07. The summed E-state index contributed by atoms with van der Waals surface area (Å²) in [5.41, 5.74) is 1.86. The maximum absolute atomic E-state index is 13.7. The lowest BCUT2D eigenvalue weighted by atomic mass is 9.96. The van der Waals surface area contributed by atoms with Gasteiger partial charge in [-0.05, 0) is 56.9 Å². The van der Waals surface area contributed by atoms with E-state index in [1.165, 1.54) is 27.0 Å². The van der Waals surface area contributed by atoms with E-state index < -0.39 is 10.0 Å². The number of thiazole rings is 1. The highest BCUT2D eigenvalue weighted by molar-refractivity contribution is 7.91. The van der Waals surface area contributed by atoms with Gasteiger partial charge >= 0.3 is 0 Å². The summed E-state index contributed by atoms with van der Waals surface area (Å²) >= 11 is 2.72. The van der Waals surface area contributed by atoms with Gasteiger partial charge in [0.05, 0.1) is 11.8 Å². The normalized spacial score (nSPS) is 15.8. The predicted molar refractivity (Wildman–Crippen MR) is 138 cm³/mol. The third kappa shape index (κ3) is 4.99. The zero-order valence-corrected chi connectivity index (χ0v) is 22.3. The lowest BCUT2D eigenvalue weighted by molar-refractivity contribution is -0.123. The van der Waals surface area contributed by atoms with Gasteiger partial charge < -0.3 is 9.64 Å². The molecule has 0 atom stereocenters. The van der Waals surface area contributed by atoms with E-state index in [9.17, 15) is 13.2 Å². The van der Waals surface area contributed by atoms with Gasteiger partial charge in [0.2, 0.25) is 5.91 Å². The van der Waals surface area contributed by atoms with Crippen LogP contribution in [0.3, 0.4) is 0 Å². The minimum atomic E-state index is -3.50. The number of hydrogen-bond acceptors (Lipinski definition) is 8. The highest BCUT2D eigenvalue weighted by Gasteiger charge is 2.35. The Bertz CT molecular complexity index is 1250. The third-order valence-corrected chi connectivity index (χ3v) is 10.6. The summed E-state index contributed by atoms with van der Waals surface area (Å²) in [4.78, 5) is 22.3. The molecule has 1 fully saturated rings. The molecule has 184 valence electrons. The van der Waals surface area contributed by atoms with Crippen LogP contribution in [-0.4, -0.2) is 75.9 Å². The fraction of sp³-hybridized carbons (Fsp3) is 0.478. The number of thiophene rings is 1. The van der Waals surface area contributed by atoms with Crippen LogP contribution in [0.15, 0.2) is 33.9 Å². The molecule has 0 radical (unpaired) electrons. The number of nitrogens with zero attached hydrogens (tertiary/aromatic N) is 4. The quantitative estimate of drug-likeness (QED) is 0.449. The van der Waals surface area contributed by atoms with Crippen LogP contribution in [0.1, 0.15) is 18.4 Å². The van der Waals surface area contributed by atoms with Crippen molar-refractivity contribution < 1.29 is 17.9 Å². The van der Waals surface area contributed by atoms with E-state index in [0.717, 1.165) is 15.8 Å². The van der Waals surface area contributed by atoms with E-state index in [1.807, 2.05) is 38.1 Å². The summed E-state index contributed by atoms with van der Waals surface area (Å²) in [5.74, 6) is 0.452. The van der Waals surface area contributed by atoms with E-state index in [0.29, 0.717) is 54.1 Å². The lowest BCUT2D eigenvalue weighted by Crippen LogP contribution is -2.45. The SMILES string of the molecule is COc1ccc(C)c2sc(N(CCN(C)C)C(=O)C3CCN(S(=O)(=O)c4cccs4)CC3)nc12. The molecule has 0 N–H and O–H groups in total. The number of carbonyl (C=O) groups is 1. The molecule has 34 heavy (non-hydrogen) atoms. The molecular weight excluding hydrogens is 492 g/mol. The van der Waals surface area contributed by atoms with Crippen molar-refractivity contribution in [2.45, 2.75) is 24.0 Å². The van der Waals surface area contributed by atoms with Gasteiger partial charge in [0.1, 0.15) is 15.5 Å². The molecule has 3 aromatic rings. The van der Waals surface area contributed by atoms with Crippen molar-refractivity contribution >= 4 is 54.0 Å². The van der Waals surface area contributed by atoms with Gasteiger partial charge in [-0.25, -0.2) is 13.4 Å². The number of aromatic nitrogens is 1. The topological polar surface area (TPSA) is 83.0 Å². The van der Waals surface area contributed by atoms with E-state index in [1.54, 1.807) is 29.5 Å². The number of piperidine rings is 1. The fourth-order valence-electron chi connectivity index (χ4n) is 4.08. The highest BCUT2D eigenvalue weighted by atomic mass is 32.2. The largest absolute Gasteiger partial charge is 0.494 e. The molecule has 0 aliphatic carbocycles. The standard InChI is InChI=1S/C23H30N4O4S3/c1-16-7-8-18(31-4)20-21(16)33-23(24-20)27(14-13-25(2)3)22(28)17-9-11-26(12-10-17)34(29,30)19-6-5-15-32-19/h5-8,15,17H,9-14H2,1-4H3. The van der Waals surface area contributed by atoms with Gasteiger partial charge in [0, 0.05) is 32.1 Å². The van der Waals surface area contributed by atoms with Crippen molar-refractivity contribution in [3.8, 4) is 5.75 Å². The smallest absolute Gasteiger partial charge is 0.252 e. The zero-order chi connectivity index (χ0) is 24.5.